The number of nitrogens with zero attached hydrogens (tertiary/aromatic N) is 2. The molecule has 7 rings (SSSR count). The number of hydrogen-bond acceptors (Lipinski definition) is 8. The van der Waals surface area contributed by atoms with E-state index < -0.39 is 13.7 Å². The maximum atomic E-state index is 13.9. The van der Waals surface area contributed by atoms with Gasteiger partial charge in [0, 0.05) is 42.9 Å². The SMILES string of the molecule is COc1ccc(CS[C@@H]2C/C(=N\OCc3ccccc3)CC3Oc4c(Br)c(OCC5CC5)cc5c4C32C[C@@H](CO[Si](C(C)C)(C(C)C)C(C)C)N(C(C)=O)C5)cc1. The average Bonchev–Trinajstić information content (AvgIpc) is 3.98. The molecule has 2 heterocycles. The summed E-state index contributed by atoms with van der Waals surface area (Å²) in [5.41, 5.74) is 6.47. The van der Waals surface area contributed by atoms with Crippen molar-refractivity contribution in [2.75, 3.05) is 20.3 Å². The number of ether oxygens (including phenoxy) is 3. The van der Waals surface area contributed by atoms with E-state index in [2.05, 4.69) is 92.7 Å². The Morgan fingerprint density at radius 2 is 1.68 bits per heavy atom. The summed E-state index contributed by atoms with van der Waals surface area (Å²) in [7, 11) is -0.554. The highest BCUT2D eigenvalue weighted by molar-refractivity contribution is 9.10. The van der Waals surface area contributed by atoms with Gasteiger partial charge in [-0.05, 0) is 92.6 Å². The van der Waals surface area contributed by atoms with Crippen molar-refractivity contribution in [1.29, 1.82) is 0 Å². The number of hydrogen-bond donors (Lipinski definition) is 0. The van der Waals surface area contributed by atoms with Crippen LogP contribution in [0.3, 0.4) is 0 Å². The molecular formula is C46H61BrN2O6SSi. The molecule has 0 saturated heterocycles. The van der Waals surface area contributed by atoms with E-state index in [1.54, 1.807) is 14.0 Å². The fourth-order valence-corrected chi connectivity index (χ4v) is 17.7. The smallest absolute Gasteiger partial charge is 0.220 e. The zero-order valence-corrected chi connectivity index (χ0v) is 38.4. The molecule has 3 aromatic carbocycles. The summed E-state index contributed by atoms with van der Waals surface area (Å²) in [4.78, 5) is 22.1. The van der Waals surface area contributed by atoms with Gasteiger partial charge in [0.1, 0.15) is 34.4 Å². The van der Waals surface area contributed by atoms with E-state index in [0.717, 1.165) is 57.2 Å². The highest BCUT2D eigenvalue weighted by atomic mass is 79.9. The lowest BCUT2D eigenvalue weighted by molar-refractivity contribution is -0.133. The molecule has 0 N–H and O–H groups in total. The zero-order chi connectivity index (χ0) is 40.5. The second kappa shape index (κ2) is 17.7. The molecule has 11 heteroatoms. The van der Waals surface area contributed by atoms with Crippen molar-refractivity contribution < 1.29 is 28.3 Å². The molecule has 3 aromatic rings. The summed E-state index contributed by atoms with van der Waals surface area (Å²) in [5, 5.41) is 4.90. The Kier molecular flexibility index (Phi) is 13.1. The van der Waals surface area contributed by atoms with Crippen LogP contribution in [-0.4, -0.2) is 62.6 Å². The minimum Gasteiger partial charge on any atom is -0.497 e. The maximum Gasteiger partial charge on any atom is 0.220 e. The van der Waals surface area contributed by atoms with Crippen molar-refractivity contribution in [2.45, 2.75) is 139 Å². The highest BCUT2D eigenvalue weighted by Crippen LogP contribution is 2.62. The van der Waals surface area contributed by atoms with Gasteiger partial charge in [-0.25, -0.2) is 0 Å². The van der Waals surface area contributed by atoms with Gasteiger partial charge in [0.25, 0.3) is 0 Å². The molecule has 0 bridgehead atoms. The molecule has 4 atom stereocenters. The molecule has 8 nitrogen and oxygen atoms in total. The monoisotopic (exact) mass is 876 g/mol. The molecule has 57 heavy (non-hydrogen) atoms. The minimum atomic E-state index is -2.26. The predicted molar refractivity (Wildman–Crippen MR) is 236 cm³/mol. The van der Waals surface area contributed by atoms with E-state index in [-0.39, 0.29) is 23.3 Å². The van der Waals surface area contributed by atoms with Crippen molar-refractivity contribution in [3.63, 3.8) is 0 Å². The largest absolute Gasteiger partial charge is 0.497 e. The fraction of sp³-hybridized carbons (Fsp3) is 0.565. The normalized spacial score (nSPS) is 23.7. The second-order valence-corrected chi connectivity index (χ2v) is 25.0. The highest BCUT2D eigenvalue weighted by Gasteiger charge is 2.61. The number of rotatable bonds is 16. The lowest BCUT2D eigenvalue weighted by atomic mass is 9.64. The van der Waals surface area contributed by atoms with E-state index in [1.165, 1.54) is 24.0 Å². The Balaban J connectivity index is 1.33. The number of halogens is 1. The number of oxime groups is 1. The predicted octanol–water partition coefficient (Wildman–Crippen LogP) is 11.2. The number of carbonyl (C=O) groups excluding carboxylic acids is 1. The van der Waals surface area contributed by atoms with Crippen molar-refractivity contribution >= 4 is 47.6 Å². The molecule has 2 aliphatic heterocycles. The van der Waals surface area contributed by atoms with Gasteiger partial charge in [-0.15, -0.1) is 0 Å². The van der Waals surface area contributed by atoms with Crippen LogP contribution in [0.15, 0.2) is 70.3 Å². The van der Waals surface area contributed by atoms with Gasteiger partial charge in [-0.2, -0.15) is 11.8 Å². The summed E-state index contributed by atoms with van der Waals surface area (Å²) in [5.74, 6) is 3.95. The molecule has 2 aliphatic carbocycles. The summed E-state index contributed by atoms with van der Waals surface area (Å²) >= 11 is 5.96. The molecule has 4 aliphatic rings. The third-order valence-electron chi connectivity index (χ3n) is 13.0. The molecule has 308 valence electrons. The first-order valence-corrected chi connectivity index (χ1v) is 24.9. The van der Waals surface area contributed by atoms with Crippen LogP contribution in [0.4, 0.5) is 0 Å². The number of thioether (sulfide) groups is 1. The summed E-state index contributed by atoms with van der Waals surface area (Å²) in [6.45, 7) is 17.8. The fourth-order valence-electron chi connectivity index (χ4n) is 10.1. The average molecular weight is 878 g/mol. The van der Waals surface area contributed by atoms with Gasteiger partial charge >= 0.3 is 0 Å². The topological polar surface area (TPSA) is 78.8 Å². The number of methoxy groups -OCH3 is 1. The van der Waals surface area contributed by atoms with Crippen molar-refractivity contribution in [2.24, 2.45) is 11.1 Å². The lowest BCUT2D eigenvalue weighted by Crippen LogP contribution is -2.56. The van der Waals surface area contributed by atoms with Crippen LogP contribution in [-0.2, 0) is 38.4 Å². The summed E-state index contributed by atoms with van der Waals surface area (Å²) < 4.78 is 27.5. The second-order valence-electron chi connectivity index (χ2n) is 17.6. The van der Waals surface area contributed by atoms with Crippen molar-refractivity contribution in [1.82, 2.24) is 4.90 Å². The van der Waals surface area contributed by atoms with E-state index in [4.69, 9.17) is 28.6 Å². The first-order chi connectivity index (χ1) is 27.4. The Bertz CT molecular complexity index is 1880. The van der Waals surface area contributed by atoms with Crippen molar-refractivity contribution in [3.8, 4) is 17.2 Å². The van der Waals surface area contributed by atoms with Crippen LogP contribution in [0.25, 0.3) is 0 Å². The third kappa shape index (κ3) is 8.55. The first-order valence-electron chi connectivity index (χ1n) is 20.9. The van der Waals surface area contributed by atoms with E-state index in [0.29, 0.717) is 55.3 Å². The lowest BCUT2D eigenvalue weighted by Gasteiger charge is -2.48. The molecule has 2 saturated carbocycles. The molecule has 0 aromatic heterocycles. The van der Waals surface area contributed by atoms with Crippen LogP contribution < -0.4 is 14.2 Å². The van der Waals surface area contributed by atoms with Gasteiger partial charge in [0.15, 0.2) is 8.32 Å². The Morgan fingerprint density at radius 1 is 0.982 bits per heavy atom. The summed E-state index contributed by atoms with van der Waals surface area (Å²) in [6.07, 6.45) is 4.27. The minimum absolute atomic E-state index is 0.0651. The quantitative estimate of drug-likeness (QED) is 0.105. The van der Waals surface area contributed by atoms with E-state index in [9.17, 15) is 4.79 Å². The zero-order valence-electron chi connectivity index (χ0n) is 35.0. The number of amides is 1. The van der Waals surface area contributed by atoms with Gasteiger partial charge in [-0.1, -0.05) is 89.2 Å². The number of benzene rings is 3. The van der Waals surface area contributed by atoms with Crippen molar-refractivity contribution in [3.05, 3.63) is 87.4 Å². The van der Waals surface area contributed by atoms with Crippen LogP contribution >= 0.6 is 27.7 Å². The third-order valence-corrected chi connectivity index (χ3v) is 21.3. The van der Waals surface area contributed by atoms with E-state index >= 15 is 0 Å². The number of carbonyl (C=O) groups is 1. The molecular weight excluding hydrogens is 817 g/mol. The van der Waals surface area contributed by atoms with Gasteiger partial charge in [0.2, 0.25) is 5.91 Å². The molecule has 1 amide bonds. The van der Waals surface area contributed by atoms with E-state index in [1.807, 2.05) is 42.1 Å². The van der Waals surface area contributed by atoms with Gasteiger partial charge in [-0.3, -0.25) is 4.79 Å². The molecule has 2 fully saturated rings. The van der Waals surface area contributed by atoms with Crippen LogP contribution in [0, 0.1) is 5.92 Å². The molecule has 2 unspecified atom stereocenters. The van der Waals surface area contributed by atoms with Crippen LogP contribution in [0.1, 0.15) is 103 Å². The van der Waals surface area contributed by atoms with Gasteiger partial charge in [0.05, 0.1) is 37.5 Å². The summed E-state index contributed by atoms with van der Waals surface area (Å²) in [6, 6.07) is 20.6. The standard InChI is InChI=1S/C46H61BrN2O6SSi/c1-29(2)57(30(3)4,31(5)6)54-27-38-23-46-41(55-45-43(46)36(24-49(38)32(7)50)20-40(44(45)47)52-25-34-14-15-34)21-37(48-53-26-33-12-10-9-11-13-33)22-42(46)56-28-35-16-18-39(51-8)19-17-35/h9-13,16-20,29-31,34,38,41-42H,14-15,21-28H2,1-8H3/b48-37-/t38-,41?,42+,46?/m0/s1. The van der Waals surface area contributed by atoms with Crippen LogP contribution in [0.5, 0.6) is 17.2 Å². The molecule has 1 spiro atoms. The van der Waals surface area contributed by atoms with Crippen LogP contribution in [0.2, 0.25) is 16.6 Å². The first kappa shape index (κ1) is 42.1. The Morgan fingerprint density at radius 3 is 2.32 bits per heavy atom. The maximum absolute atomic E-state index is 13.9. The Labute approximate surface area is 354 Å². The van der Waals surface area contributed by atoms with Gasteiger partial charge < -0.3 is 28.4 Å². The Hall–Kier alpha value is -2.99. The molecule has 0 radical (unpaired) electrons.